The van der Waals surface area contributed by atoms with Crippen molar-refractivity contribution in [3.05, 3.63) is 34.6 Å². The molecule has 4 heteroatoms. The molecule has 0 heterocycles. The Labute approximate surface area is 88.5 Å². The number of halogens is 2. The normalized spacial score (nSPS) is 13.3. The molecule has 0 saturated carbocycles. The topological polar surface area (TPSA) is 29.3 Å². The highest BCUT2D eigenvalue weighted by atomic mass is 35.5. The van der Waals surface area contributed by atoms with Crippen LogP contribution in [0.2, 0.25) is 5.02 Å². The Hall–Kier alpha value is -0.640. The van der Waals surface area contributed by atoms with E-state index in [4.69, 9.17) is 17.3 Å². The van der Waals surface area contributed by atoms with Crippen molar-refractivity contribution >= 4 is 11.6 Å². The first-order chi connectivity index (χ1) is 6.57. The molecule has 2 N–H and O–H groups in total. The highest BCUT2D eigenvalue weighted by Gasteiger charge is 2.17. The van der Waals surface area contributed by atoms with Gasteiger partial charge in [-0.3, -0.25) is 0 Å². The van der Waals surface area contributed by atoms with Gasteiger partial charge in [0.05, 0.1) is 5.02 Å². The molecule has 0 bridgehead atoms. The highest BCUT2D eigenvalue weighted by Crippen LogP contribution is 2.25. The molecule has 0 unspecified atom stereocenters. The average Bonchev–Trinajstić information content (AvgIpc) is 2.13. The maximum atomic E-state index is 13.6. The minimum absolute atomic E-state index is 0.131. The van der Waals surface area contributed by atoms with Crippen molar-refractivity contribution in [3.8, 4) is 0 Å². The predicted octanol–water partition coefficient (Wildman–Crippen LogP) is 2.04. The molecule has 0 aromatic heterocycles. The summed E-state index contributed by atoms with van der Waals surface area (Å²) in [5, 5.41) is 0.141. The summed E-state index contributed by atoms with van der Waals surface area (Å²) >= 11 is 5.69. The van der Waals surface area contributed by atoms with E-state index in [1.807, 2.05) is 19.0 Å². The van der Waals surface area contributed by atoms with Gasteiger partial charge in [-0.25, -0.2) is 4.39 Å². The predicted molar refractivity (Wildman–Crippen MR) is 56.9 cm³/mol. The average molecular weight is 217 g/mol. The molecular weight excluding hydrogens is 203 g/mol. The molecule has 0 amide bonds. The van der Waals surface area contributed by atoms with Crippen molar-refractivity contribution in [1.29, 1.82) is 0 Å². The van der Waals surface area contributed by atoms with E-state index in [0.29, 0.717) is 12.1 Å². The molecule has 0 aliphatic heterocycles. The molecule has 0 fully saturated rings. The third-order valence-corrected chi connectivity index (χ3v) is 2.48. The van der Waals surface area contributed by atoms with Crippen LogP contribution >= 0.6 is 11.6 Å². The molecule has 0 radical (unpaired) electrons. The van der Waals surface area contributed by atoms with Crippen molar-refractivity contribution in [2.45, 2.75) is 6.04 Å². The zero-order valence-electron chi connectivity index (χ0n) is 8.30. The van der Waals surface area contributed by atoms with Crippen LogP contribution in [-0.4, -0.2) is 25.5 Å². The first-order valence-electron chi connectivity index (χ1n) is 4.38. The van der Waals surface area contributed by atoms with Crippen molar-refractivity contribution in [2.24, 2.45) is 5.73 Å². The van der Waals surface area contributed by atoms with E-state index in [-0.39, 0.29) is 16.9 Å². The van der Waals surface area contributed by atoms with Crippen LogP contribution in [0.5, 0.6) is 0 Å². The number of benzene rings is 1. The van der Waals surface area contributed by atoms with Crippen LogP contribution in [0.15, 0.2) is 18.2 Å². The van der Waals surface area contributed by atoms with Gasteiger partial charge in [0, 0.05) is 18.2 Å². The second-order valence-corrected chi connectivity index (χ2v) is 3.77. The molecule has 1 aromatic carbocycles. The fourth-order valence-electron chi connectivity index (χ4n) is 1.39. The fraction of sp³-hybridized carbons (Fsp3) is 0.400. The second kappa shape index (κ2) is 4.73. The lowest BCUT2D eigenvalue weighted by molar-refractivity contribution is 0.298. The Morgan fingerprint density at radius 1 is 1.50 bits per heavy atom. The van der Waals surface area contributed by atoms with Crippen LogP contribution in [0.1, 0.15) is 11.6 Å². The molecule has 1 atom stereocenters. The van der Waals surface area contributed by atoms with Crippen LogP contribution in [0.25, 0.3) is 0 Å². The molecule has 14 heavy (non-hydrogen) atoms. The third-order valence-electron chi connectivity index (χ3n) is 2.19. The van der Waals surface area contributed by atoms with Gasteiger partial charge in [-0.05, 0) is 20.2 Å². The third kappa shape index (κ3) is 2.23. The minimum Gasteiger partial charge on any atom is -0.329 e. The number of likely N-dealkylation sites (N-methyl/N-ethyl adjacent to an activating group) is 1. The lowest BCUT2D eigenvalue weighted by atomic mass is 10.1. The van der Waals surface area contributed by atoms with Crippen molar-refractivity contribution in [1.82, 2.24) is 4.90 Å². The molecule has 0 aliphatic rings. The fourth-order valence-corrected chi connectivity index (χ4v) is 1.58. The van der Waals surface area contributed by atoms with Gasteiger partial charge >= 0.3 is 0 Å². The Kier molecular flexibility index (Phi) is 3.86. The van der Waals surface area contributed by atoms with Gasteiger partial charge in [0.1, 0.15) is 5.82 Å². The van der Waals surface area contributed by atoms with E-state index in [1.165, 1.54) is 6.07 Å². The molecule has 78 valence electrons. The van der Waals surface area contributed by atoms with Gasteiger partial charge in [-0.1, -0.05) is 23.7 Å². The largest absolute Gasteiger partial charge is 0.329 e. The maximum Gasteiger partial charge on any atom is 0.146 e. The van der Waals surface area contributed by atoms with Gasteiger partial charge < -0.3 is 10.6 Å². The number of nitrogens with zero attached hydrogens (tertiary/aromatic N) is 1. The van der Waals surface area contributed by atoms with E-state index < -0.39 is 0 Å². The summed E-state index contributed by atoms with van der Waals surface area (Å²) < 4.78 is 13.6. The molecular formula is C10H14ClFN2. The summed E-state index contributed by atoms with van der Waals surface area (Å²) in [6, 6.07) is 4.84. The highest BCUT2D eigenvalue weighted by molar-refractivity contribution is 6.30. The molecule has 1 aromatic rings. The number of nitrogens with two attached hydrogens (primary N) is 1. The first-order valence-corrected chi connectivity index (χ1v) is 4.76. The lowest BCUT2D eigenvalue weighted by Crippen LogP contribution is -2.28. The summed E-state index contributed by atoms with van der Waals surface area (Å²) in [6.45, 7) is 0.365. The molecule has 1 rings (SSSR count). The molecule has 0 aliphatic carbocycles. The summed E-state index contributed by atoms with van der Waals surface area (Å²) in [5.41, 5.74) is 6.12. The Morgan fingerprint density at radius 2 is 2.14 bits per heavy atom. The van der Waals surface area contributed by atoms with Crippen molar-refractivity contribution < 1.29 is 4.39 Å². The Morgan fingerprint density at radius 3 is 2.64 bits per heavy atom. The van der Waals surface area contributed by atoms with E-state index in [0.717, 1.165) is 0 Å². The van der Waals surface area contributed by atoms with E-state index >= 15 is 0 Å². The second-order valence-electron chi connectivity index (χ2n) is 3.36. The molecule has 0 spiro atoms. The zero-order valence-corrected chi connectivity index (χ0v) is 9.05. The van der Waals surface area contributed by atoms with Gasteiger partial charge in [0.15, 0.2) is 0 Å². The van der Waals surface area contributed by atoms with Gasteiger partial charge in [-0.15, -0.1) is 0 Å². The SMILES string of the molecule is CN(C)[C@H](CN)c1cccc(Cl)c1F. The van der Waals surface area contributed by atoms with Crippen LogP contribution in [0, 0.1) is 5.82 Å². The van der Waals surface area contributed by atoms with Crippen molar-refractivity contribution in [3.63, 3.8) is 0 Å². The summed E-state index contributed by atoms with van der Waals surface area (Å²) in [4.78, 5) is 1.87. The van der Waals surface area contributed by atoms with Gasteiger partial charge in [0.2, 0.25) is 0 Å². The molecule has 0 saturated heterocycles. The minimum atomic E-state index is -0.377. The monoisotopic (exact) mass is 216 g/mol. The van der Waals surface area contributed by atoms with Crippen LogP contribution < -0.4 is 5.73 Å². The maximum absolute atomic E-state index is 13.6. The van der Waals surface area contributed by atoms with Crippen molar-refractivity contribution in [2.75, 3.05) is 20.6 Å². The Balaban J connectivity index is 3.10. The Bertz CT molecular complexity index is 315. The summed E-state index contributed by atoms with van der Waals surface area (Å²) in [5.74, 6) is -0.377. The number of hydrogen-bond donors (Lipinski definition) is 1. The quantitative estimate of drug-likeness (QED) is 0.838. The van der Waals surface area contributed by atoms with Crippen LogP contribution in [0.3, 0.4) is 0 Å². The first kappa shape index (κ1) is 11.4. The molecule has 2 nitrogen and oxygen atoms in total. The van der Waals surface area contributed by atoms with Gasteiger partial charge in [-0.2, -0.15) is 0 Å². The van der Waals surface area contributed by atoms with E-state index in [9.17, 15) is 4.39 Å². The summed E-state index contributed by atoms with van der Waals surface area (Å²) in [7, 11) is 3.72. The summed E-state index contributed by atoms with van der Waals surface area (Å²) in [6.07, 6.45) is 0. The van der Waals surface area contributed by atoms with Crippen LogP contribution in [-0.2, 0) is 0 Å². The standard InChI is InChI=1S/C10H14ClFN2/c1-14(2)9(6-13)7-4-3-5-8(11)10(7)12/h3-5,9H,6,13H2,1-2H3/t9-/m1/s1. The number of hydrogen-bond acceptors (Lipinski definition) is 2. The van der Waals surface area contributed by atoms with E-state index in [1.54, 1.807) is 12.1 Å². The number of rotatable bonds is 3. The van der Waals surface area contributed by atoms with E-state index in [2.05, 4.69) is 0 Å². The van der Waals surface area contributed by atoms with Crippen LogP contribution in [0.4, 0.5) is 4.39 Å². The lowest BCUT2D eigenvalue weighted by Gasteiger charge is -2.23. The smallest absolute Gasteiger partial charge is 0.146 e. The van der Waals surface area contributed by atoms with Gasteiger partial charge in [0.25, 0.3) is 0 Å². The zero-order chi connectivity index (χ0) is 10.7.